The van der Waals surface area contributed by atoms with Crippen LogP contribution in [0.25, 0.3) is 10.9 Å². The first-order valence-electron chi connectivity index (χ1n) is 3.55. The summed E-state index contributed by atoms with van der Waals surface area (Å²) in [5.41, 5.74) is 6.08. The van der Waals surface area contributed by atoms with E-state index in [1.807, 2.05) is 0 Å². The smallest absolute Gasteiger partial charge is 0.222 e. The first-order valence-corrected chi connectivity index (χ1v) is 4.31. The Morgan fingerprint density at radius 1 is 1.15 bits per heavy atom. The largest absolute Gasteiger partial charge is 0.368 e. The number of hydrogen-bond donors (Lipinski definition) is 1. The standard InChI is InChI=1S/C8H5Cl2N3/c9-4-1-2-5-6(3-4)12-8(11)13-7(5)10/h1-3H,(H2,11,12,13). The van der Waals surface area contributed by atoms with Gasteiger partial charge < -0.3 is 5.73 Å². The maximum Gasteiger partial charge on any atom is 0.222 e. The van der Waals surface area contributed by atoms with Gasteiger partial charge in [0.05, 0.1) is 5.52 Å². The first kappa shape index (κ1) is 8.53. The molecule has 0 spiro atoms. The SMILES string of the molecule is Nc1nc(Cl)c2ccc(Cl)cc2n1. The van der Waals surface area contributed by atoms with Crippen LogP contribution in [0.1, 0.15) is 0 Å². The lowest BCUT2D eigenvalue weighted by atomic mass is 10.2. The number of benzene rings is 1. The van der Waals surface area contributed by atoms with Gasteiger partial charge in [0, 0.05) is 10.4 Å². The predicted molar refractivity (Wildman–Crippen MR) is 54.0 cm³/mol. The molecule has 0 aliphatic carbocycles. The fourth-order valence-corrected chi connectivity index (χ4v) is 1.49. The van der Waals surface area contributed by atoms with Crippen LogP contribution in [0.3, 0.4) is 0 Å². The molecule has 2 aromatic rings. The van der Waals surface area contributed by atoms with Crippen molar-refractivity contribution in [2.45, 2.75) is 0 Å². The minimum Gasteiger partial charge on any atom is -0.368 e. The average Bonchev–Trinajstić information content (AvgIpc) is 2.02. The lowest BCUT2D eigenvalue weighted by Crippen LogP contribution is -1.95. The molecule has 0 bridgehead atoms. The predicted octanol–water partition coefficient (Wildman–Crippen LogP) is 2.52. The molecule has 0 saturated heterocycles. The zero-order chi connectivity index (χ0) is 9.42. The number of nitrogens with two attached hydrogens (primary N) is 1. The lowest BCUT2D eigenvalue weighted by Gasteiger charge is -2.00. The molecule has 0 amide bonds. The summed E-state index contributed by atoms with van der Waals surface area (Å²) < 4.78 is 0. The summed E-state index contributed by atoms with van der Waals surface area (Å²) in [4.78, 5) is 7.82. The maximum absolute atomic E-state index is 5.84. The van der Waals surface area contributed by atoms with Gasteiger partial charge in [0.1, 0.15) is 5.15 Å². The van der Waals surface area contributed by atoms with E-state index in [2.05, 4.69) is 9.97 Å². The van der Waals surface area contributed by atoms with Gasteiger partial charge in [-0.05, 0) is 18.2 Å². The molecule has 3 nitrogen and oxygen atoms in total. The van der Waals surface area contributed by atoms with Crippen molar-refractivity contribution in [3.8, 4) is 0 Å². The van der Waals surface area contributed by atoms with E-state index in [1.54, 1.807) is 18.2 Å². The van der Waals surface area contributed by atoms with E-state index in [1.165, 1.54) is 0 Å². The Balaban J connectivity index is 2.86. The molecular weight excluding hydrogens is 209 g/mol. The fourth-order valence-electron chi connectivity index (χ4n) is 1.08. The van der Waals surface area contributed by atoms with Crippen LogP contribution in [-0.4, -0.2) is 9.97 Å². The highest BCUT2D eigenvalue weighted by Gasteiger charge is 2.03. The number of nitrogens with zero attached hydrogens (tertiary/aromatic N) is 2. The number of halogens is 2. The van der Waals surface area contributed by atoms with Crippen molar-refractivity contribution < 1.29 is 0 Å². The second-order valence-electron chi connectivity index (χ2n) is 2.53. The molecule has 0 saturated carbocycles. The highest BCUT2D eigenvalue weighted by Crippen LogP contribution is 2.23. The van der Waals surface area contributed by atoms with E-state index < -0.39 is 0 Å². The molecule has 0 aliphatic heterocycles. The highest BCUT2D eigenvalue weighted by atomic mass is 35.5. The third kappa shape index (κ3) is 1.53. The van der Waals surface area contributed by atoms with Crippen LogP contribution in [0, 0.1) is 0 Å². The van der Waals surface area contributed by atoms with Crippen LogP contribution in [0.2, 0.25) is 10.2 Å². The summed E-state index contributed by atoms with van der Waals surface area (Å²) in [5.74, 6) is 0.153. The van der Waals surface area contributed by atoms with Crippen molar-refractivity contribution >= 4 is 40.1 Å². The van der Waals surface area contributed by atoms with Crippen LogP contribution in [-0.2, 0) is 0 Å². The molecule has 0 unspecified atom stereocenters. The van der Waals surface area contributed by atoms with Gasteiger partial charge in [-0.25, -0.2) is 9.97 Å². The van der Waals surface area contributed by atoms with Gasteiger partial charge in [-0.1, -0.05) is 23.2 Å². The summed E-state index contributed by atoms with van der Waals surface area (Å²) in [6, 6.07) is 5.19. The Kier molecular flexibility index (Phi) is 1.98. The third-order valence-corrected chi connectivity index (χ3v) is 2.15. The number of anilines is 1. The normalized spacial score (nSPS) is 10.6. The van der Waals surface area contributed by atoms with Crippen molar-refractivity contribution in [3.63, 3.8) is 0 Å². The van der Waals surface area contributed by atoms with E-state index in [0.717, 1.165) is 5.39 Å². The van der Waals surface area contributed by atoms with Crippen LogP contribution >= 0.6 is 23.2 Å². The van der Waals surface area contributed by atoms with Gasteiger partial charge in [0.15, 0.2) is 0 Å². The minimum absolute atomic E-state index is 0.153. The third-order valence-electron chi connectivity index (χ3n) is 1.63. The minimum atomic E-state index is 0.153. The number of hydrogen-bond acceptors (Lipinski definition) is 3. The van der Waals surface area contributed by atoms with Gasteiger partial charge in [-0.2, -0.15) is 0 Å². The van der Waals surface area contributed by atoms with E-state index in [0.29, 0.717) is 15.7 Å². The first-order chi connectivity index (χ1) is 6.16. The summed E-state index contributed by atoms with van der Waals surface area (Å²) in [7, 11) is 0. The Bertz CT molecular complexity index is 465. The van der Waals surface area contributed by atoms with E-state index in [-0.39, 0.29) is 5.95 Å². The van der Waals surface area contributed by atoms with Crippen molar-refractivity contribution in [1.29, 1.82) is 0 Å². The van der Waals surface area contributed by atoms with Crippen LogP contribution < -0.4 is 5.73 Å². The van der Waals surface area contributed by atoms with Crippen molar-refractivity contribution in [2.24, 2.45) is 0 Å². The molecular formula is C8H5Cl2N3. The lowest BCUT2D eigenvalue weighted by molar-refractivity contribution is 1.24. The zero-order valence-corrected chi connectivity index (χ0v) is 7.97. The highest BCUT2D eigenvalue weighted by molar-refractivity contribution is 6.35. The maximum atomic E-state index is 5.84. The second-order valence-corrected chi connectivity index (χ2v) is 3.33. The molecule has 0 aliphatic rings. The van der Waals surface area contributed by atoms with E-state index in [9.17, 15) is 0 Å². The molecule has 2 rings (SSSR count). The molecule has 0 atom stereocenters. The topological polar surface area (TPSA) is 51.8 Å². The molecule has 1 aromatic heterocycles. The van der Waals surface area contributed by atoms with Crippen LogP contribution in [0.4, 0.5) is 5.95 Å². The van der Waals surface area contributed by atoms with Crippen molar-refractivity contribution in [2.75, 3.05) is 5.73 Å². The van der Waals surface area contributed by atoms with Crippen LogP contribution in [0.5, 0.6) is 0 Å². The van der Waals surface area contributed by atoms with Gasteiger partial charge in [-0.3, -0.25) is 0 Å². The van der Waals surface area contributed by atoms with E-state index >= 15 is 0 Å². The van der Waals surface area contributed by atoms with E-state index in [4.69, 9.17) is 28.9 Å². The Morgan fingerprint density at radius 3 is 2.69 bits per heavy atom. The van der Waals surface area contributed by atoms with Crippen molar-refractivity contribution in [1.82, 2.24) is 9.97 Å². The fraction of sp³-hybridized carbons (Fsp3) is 0. The molecule has 1 aromatic carbocycles. The van der Waals surface area contributed by atoms with Crippen LogP contribution in [0.15, 0.2) is 18.2 Å². The van der Waals surface area contributed by atoms with Gasteiger partial charge in [-0.15, -0.1) is 0 Å². The summed E-state index contributed by atoms with van der Waals surface area (Å²) in [6.07, 6.45) is 0. The molecule has 2 N–H and O–H groups in total. The number of fused-ring (bicyclic) bond motifs is 1. The molecule has 13 heavy (non-hydrogen) atoms. The number of nitrogen functional groups attached to an aromatic ring is 1. The molecule has 66 valence electrons. The second kappa shape index (κ2) is 3.01. The number of aromatic nitrogens is 2. The zero-order valence-electron chi connectivity index (χ0n) is 6.46. The average molecular weight is 214 g/mol. The summed E-state index contributed by atoms with van der Waals surface area (Å²) >= 11 is 11.6. The van der Waals surface area contributed by atoms with Gasteiger partial charge in [0.25, 0.3) is 0 Å². The molecule has 5 heteroatoms. The molecule has 0 fully saturated rings. The summed E-state index contributed by atoms with van der Waals surface area (Å²) in [6.45, 7) is 0. The van der Waals surface area contributed by atoms with Crippen molar-refractivity contribution in [3.05, 3.63) is 28.4 Å². The number of rotatable bonds is 0. The van der Waals surface area contributed by atoms with Gasteiger partial charge in [0.2, 0.25) is 5.95 Å². The summed E-state index contributed by atoms with van der Waals surface area (Å²) in [5, 5.41) is 1.70. The Morgan fingerprint density at radius 2 is 1.92 bits per heavy atom. The molecule has 1 heterocycles. The monoisotopic (exact) mass is 213 g/mol. The Hall–Kier alpha value is -1.06. The van der Waals surface area contributed by atoms with Gasteiger partial charge >= 0.3 is 0 Å². The Labute approximate surface area is 84.5 Å². The quantitative estimate of drug-likeness (QED) is 0.685. The molecule has 0 radical (unpaired) electrons.